The van der Waals surface area contributed by atoms with Crippen LogP contribution in [-0.4, -0.2) is 49.7 Å². The van der Waals surface area contributed by atoms with Crippen LogP contribution in [0.1, 0.15) is 59.8 Å². The van der Waals surface area contributed by atoms with Gasteiger partial charge in [0.1, 0.15) is 5.54 Å². The number of nitrogens with one attached hydrogen (secondary N) is 1. The van der Waals surface area contributed by atoms with Crippen LogP contribution in [0, 0.1) is 5.41 Å². The standard InChI is InChI=1S/C17H34N2O2/c1-6-11-18-17(4,15(20)21-5)10-14-19-12-8-16(3,7-2)9-13-19/h18H,6-14H2,1-5H3. The molecule has 1 fully saturated rings. The van der Waals surface area contributed by atoms with Gasteiger partial charge in [0, 0.05) is 6.54 Å². The fourth-order valence-corrected chi connectivity index (χ4v) is 2.94. The summed E-state index contributed by atoms with van der Waals surface area (Å²) in [5, 5.41) is 3.36. The van der Waals surface area contributed by atoms with Crippen molar-refractivity contribution in [3.05, 3.63) is 0 Å². The normalized spacial score (nSPS) is 21.8. The highest BCUT2D eigenvalue weighted by Gasteiger charge is 2.35. The monoisotopic (exact) mass is 298 g/mol. The largest absolute Gasteiger partial charge is 0.468 e. The molecule has 1 rings (SSSR count). The molecule has 1 heterocycles. The van der Waals surface area contributed by atoms with Crippen LogP contribution >= 0.6 is 0 Å². The Kier molecular flexibility index (Phi) is 7.14. The van der Waals surface area contributed by atoms with Crippen LogP contribution in [0.5, 0.6) is 0 Å². The summed E-state index contributed by atoms with van der Waals surface area (Å²) in [6.45, 7) is 12.9. The predicted octanol–water partition coefficient (Wildman–Crippen LogP) is 2.82. The minimum Gasteiger partial charge on any atom is -0.468 e. The van der Waals surface area contributed by atoms with Gasteiger partial charge in [0.05, 0.1) is 7.11 Å². The Morgan fingerprint density at radius 1 is 1.33 bits per heavy atom. The Hall–Kier alpha value is -0.610. The highest BCUT2D eigenvalue weighted by atomic mass is 16.5. The van der Waals surface area contributed by atoms with E-state index in [0.717, 1.165) is 39.0 Å². The van der Waals surface area contributed by atoms with Crippen molar-refractivity contribution in [2.24, 2.45) is 5.41 Å². The van der Waals surface area contributed by atoms with E-state index >= 15 is 0 Å². The third-order valence-electron chi connectivity index (χ3n) is 5.25. The maximum atomic E-state index is 12.1. The number of rotatable bonds is 8. The maximum Gasteiger partial charge on any atom is 0.325 e. The van der Waals surface area contributed by atoms with Crippen molar-refractivity contribution in [2.45, 2.75) is 65.3 Å². The molecule has 0 radical (unpaired) electrons. The summed E-state index contributed by atoms with van der Waals surface area (Å²) in [7, 11) is 1.47. The molecule has 0 aromatic rings. The molecular weight excluding hydrogens is 264 g/mol. The van der Waals surface area contributed by atoms with Crippen molar-refractivity contribution in [3.63, 3.8) is 0 Å². The van der Waals surface area contributed by atoms with Crippen molar-refractivity contribution < 1.29 is 9.53 Å². The number of methoxy groups -OCH3 is 1. The lowest BCUT2D eigenvalue weighted by Crippen LogP contribution is -2.52. The molecule has 0 bridgehead atoms. The highest BCUT2D eigenvalue weighted by Crippen LogP contribution is 2.34. The smallest absolute Gasteiger partial charge is 0.325 e. The molecule has 1 aliphatic heterocycles. The summed E-state index contributed by atoms with van der Waals surface area (Å²) in [6, 6.07) is 0. The van der Waals surface area contributed by atoms with Gasteiger partial charge in [-0.2, -0.15) is 0 Å². The van der Waals surface area contributed by atoms with Gasteiger partial charge in [0.25, 0.3) is 0 Å². The number of esters is 1. The van der Waals surface area contributed by atoms with Crippen LogP contribution in [0.4, 0.5) is 0 Å². The van der Waals surface area contributed by atoms with Crippen LogP contribution in [0.25, 0.3) is 0 Å². The summed E-state index contributed by atoms with van der Waals surface area (Å²) in [6.07, 6.45) is 5.62. The van der Waals surface area contributed by atoms with Gasteiger partial charge in [-0.25, -0.2) is 0 Å². The van der Waals surface area contributed by atoms with E-state index < -0.39 is 5.54 Å². The van der Waals surface area contributed by atoms with Gasteiger partial charge in [0.2, 0.25) is 0 Å². The summed E-state index contributed by atoms with van der Waals surface area (Å²) < 4.78 is 4.98. The van der Waals surface area contributed by atoms with Crippen LogP contribution in [-0.2, 0) is 9.53 Å². The Morgan fingerprint density at radius 2 is 1.95 bits per heavy atom. The van der Waals surface area contributed by atoms with Gasteiger partial charge in [-0.1, -0.05) is 27.2 Å². The van der Waals surface area contributed by atoms with E-state index in [9.17, 15) is 4.79 Å². The quantitative estimate of drug-likeness (QED) is 0.700. The predicted molar refractivity (Wildman–Crippen MR) is 87.4 cm³/mol. The van der Waals surface area contributed by atoms with Crippen molar-refractivity contribution in [1.29, 1.82) is 0 Å². The first-order valence-electron chi connectivity index (χ1n) is 8.45. The molecule has 1 atom stereocenters. The second-order valence-corrected chi connectivity index (χ2v) is 7.01. The molecular formula is C17H34N2O2. The summed E-state index contributed by atoms with van der Waals surface area (Å²) >= 11 is 0. The number of hydrogen-bond donors (Lipinski definition) is 1. The molecule has 0 saturated carbocycles. The second kappa shape index (κ2) is 8.14. The number of likely N-dealkylation sites (tertiary alicyclic amines) is 1. The molecule has 0 amide bonds. The average molecular weight is 298 g/mol. The van der Waals surface area contributed by atoms with E-state index in [4.69, 9.17) is 4.74 Å². The van der Waals surface area contributed by atoms with Crippen molar-refractivity contribution in [1.82, 2.24) is 10.2 Å². The molecule has 0 aliphatic carbocycles. The number of ether oxygens (including phenoxy) is 1. The first-order valence-corrected chi connectivity index (χ1v) is 8.45. The molecule has 0 aromatic heterocycles. The zero-order chi connectivity index (χ0) is 15.9. The number of carbonyl (C=O) groups excluding carboxylic acids is 1. The summed E-state index contributed by atoms with van der Waals surface area (Å²) in [4.78, 5) is 14.6. The maximum absolute atomic E-state index is 12.1. The van der Waals surface area contributed by atoms with Crippen LogP contribution in [0.15, 0.2) is 0 Å². The molecule has 4 heteroatoms. The summed E-state index contributed by atoms with van der Waals surface area (Å²) in [5.41, 5.74) is -0.0428. The number of nitrogens with zero attached hydrogens (tertiary/aromatic N) is 1. The fourth-order valence-electron chi connectivity index (χ4n) is 2.94. The lowest BCUT2D eigenvalue weighted by Gasteiger charge is -2.40. The SMILES string of the molecule is CCCNC(C)(CCN1CCC(C)(CC)CC1)C(=O)OC. The van der Waals surface area contributed by atoms with Gasteiger partial charge in [0.15, 0.2) is 0 Å². The number of carbonyl (C=O) groups is 1. The average Bonchev–Trinajstić information content (AvgIpc) is 2.51. The molecule has 1 aliphatic rings. The zero-order valence-electron chi connectivity index (χ0n) is 14.6. The molecule has 0 aromatic carbocycles. The molecule has 1 saturated heterocycles. The Morgan fingerprint density at radius 3 is 2.43 bits per heavy atom. The number of hydrogen-bond acceptors (Lipinski definition) is 4. The minimum absolute atomic E-state index is 0.147. The molecule has 4 nitrogen and oxygen atoms in total. The lowest BCUT2D eigenvalue weighted by molar-refractivity contribution is -0.148. The molecule has 1 N–H and O–H groups in total. The van der Waals surface area contributed by atoms with E-state index in [-0.39, 0.29) is 5.97 Å². The lowest BCUT2D eigenvalue weighted by atomic mass is 9.78. The van der Waals surface area contributed by atoms with Crippen LogP contribution < -0.4 is 5.32 Å². The van der Waals surface area contributed by atoms with E-state index in [1.54, 1.807) is 0 Å². The van der Waals surface area contributed by atoms with Gasteiger partial charge >= 0.3 is 5.97 Å². The van der Waals surface area contributed by atoms with Crippen LogP contribution in [0.2, 0.25) is 0 Å². The molecule has 124 valence electrons. The third kappa shape index (κ3) is 5.26. The van der Waals surface area contributed by atoms with E-state index in [1.807, 2.05) is 6.92 Å². The topological polar surface area (TPSA) is 41.6 Å². The van der Waals surface area contributed by atoms with E-state index in [1.165, 1.54) is 26.4 Å². The fraction of sp³-hybridized carbons (Fsp3) is 0.941. The van der Waals surface area contributed by atoms with Crippen molar-refractivity contribution in [3.8, 4) is 0 Å². The number of piperidine rings is 1. The van der Waals surface area contributed by atoms with Gasteiger partial charge in [-0.15, -0.1) is 0 Å². The van der Waals surface area contributed by atoms with Crippen molar-refractivity contribution >= 4 is 5.97 Å². The van der Waals surface area contributed by atoms with E-state index in [2.05, 4.69) is 31.0 Å². The Balaban J connectivity index is 2.49. The molecule has 0 spiro atoms. The van der Waals surface area contributed by atoms with Gasteiger partial charge in [-0.05, 0) is 57.7 Å². The third-order valence-corrected chi connectivity index (χ3v) is 5.25. The second-order valence-electron chi connectivity index (χ2n) is 7.01. The first-order chi connectivity index (χ1) is 9.89. The summed E-state index contributed by atoms with van der Waals surface area (Å²) in [5.74, 6) is -0.147. The highest BCUT2D eigenvalue weighted by molar-refractivity contribution is 5.80. The first kappa shape index (κ1) is 18.4. The Labute approximate surface area is 130 Å². The Bertz CT molecular complexity index is 325. The van der Waals surface area contributed by atoms with Crippen LogP contribution in [0.3, 0.4) is 0 Å². The van der Waals surface area contributed by atoms with Gasteiger partial charge < -0.3 is 15.0 Å². The molecule has 21 heavy (non-hydrogen) atoms. The van der Waals surface area contributed by atoms with Gasteiger partial charge in [-0.3, -0.25) is 4.79 Å². The van der Waals surface area contributed by atoms with Crippen molar-refractivity contribution in [2.75, 3.05) is 33.3 Å². The zero-order valence-corrected chi connectivity index (χ0v) is 14.6. The molecule has 1 unspecified atom stereocenters. The van der Waals surface area contributed by atoms with E-state index in [0.29, 0.717) is 5.41 Å². The minimum atomic E-state index is -0.559.